The Morgan fingerprint density at radius 3 is 3.00 bits per heavy atom. The van der Waals surface area contributed by atoms with E-state index in [0.717, 1.165) is 0 Å². The average molecular weight is 235 g/mol. The van der Waals surface area contributed by atoms with Crippen molar-refractivity contribution in [1.82, 2.24) is 0 Å². The van der Waals surface area contributed by atoms with Crippen LogP contribution in [0.2, 0.25) is 0 Å². The molecule has 1 aromatic carbocycles. The molecule has 0 unspecified atom stereocenters. The number of amides is 1. The first-order valence-electron chi connectivity index (χ1n) is 5.56. The molecule has 1 heterocycles. The lowest BCUT2D eigenvalue weighted by molar-refractivity contribution is -0.116. The summed E-state index contributed by atoms with van der Waals surface area (Å²) in [6.07, 6.45) is 0.731. The fraction of sp³-hybridized carbons (Fsp3) is 0.308. The quantitative estimate of drug-likeness (QED) is 0.818. The van der Waals surface area contributed by atoms with Crippen molar-refractivity contribution in [2.75, 3.05) is 11.9 Å². The molecule has 0 aliphatic carbocycles. The van der Waals surface area contributed by atoms with Crippen LogP contribution < -0.4 is 5.32 Å². The molecule has 0 radical (unpaired) electrons. The Labute approximate surface area is 99.3 Å². The molecular formula is C13H14FNO2. The van der Waals surface area contributed by atoms with E-state index in [4.69, 9.17) is 4.74 Å². The van der Waals surface area contributed by atoms with Crippen LogP contribution in [0.1, 0.15) is 24.5 Å². The van der Waals surface area contributed by atoms with Crippen molar-refractivity contribution in [3.8, 4) is 0 Å². The standard InChI is InChI=1S/C13H14FNO2/c1-3-17-8(2)9-4-6-11-10(13(9)14)5-7-12(16)15-11/h4,6H,2-3,5,7H2,1H3,(H,15,16). The van der Waals surface area contributed by atoms with E-state index in [1.54, 1.807) is 12.1 Å². The van der Waals surface area contributed by atoms with Crippen molar-refractivity contribution in [2.24, 2.45) is 0 Å². The van der Waals surface area contributed by atoms with Gasteiger partial charge in [-0.05, 0) is 25.5 Å². The third-order valence-corrected chi connectivity index (χ3v) is 2.74. The molecule has 0 spiro atoms. The minimum absolute atomic E-state index is 0.0757. The maximum atomic E-state index is 14.2. The Hall–Kier alpha value is -1.84. The van der Waals surface area contributed by atoms with Crippen molar-refractivity contribution in [3.63, 3.8) is 0 Å². The highest BCUT2D eigenvalue weighted by molar-refractivity contribution is 5.94. The minimum Gasteiger partial charge on any atom is -0.494 e. The molecule has 0 saturated carbocycles. The van der Waals surface area contributed by atoms with Crippen molar-refractivity contribution in [3.05, 3.63) is 35.7 Å². The summed E-state index contributed by atoms with van der Waals surface area (Å²) < 4.78 is 19.4. The van der Waals surface area contributed by atoms with Crippen LogP contribution in [0.4, 0.5) is 10.1 Å². The number of fused-ring (bicyclic) bond motifs is 1. The Bertz CT molecular complexity index is 483. The lowest BCUT2D eigenvalue weighted by atomic mass is 9.99. The van der Waals surface area contributed by atoms with Crippen molar-refractivity contribution >= 4 is 17.4 Å². The van der Waals surface area contributed by atoms with Crippen LogP contribution >= 0.6 is 0 Å². The van der Waals surface area contributed by atoms with Gasteiger partial charge in [-0.1, -0.05) is 6.58 Å². The summed E-state index contributed by atoms with van der Waals surface area (Å²) in [6, 6.07) is 3.27. The second kappa shape index (κ2) is 4.57. The number of benzene rings is 1. The second-order valence-electron chi connectivity index (χ2n) is 3.86. The minimum atomic E-state index is -0.346. The molecule has 0 bridgehead atoms. The van der Waals surface area contributed by atoms with Gasteiger partial charge in [0.15, 0.2) is 0 Å². The molecule has 1 aliphatic heterocycles. The molecule has 1 aromatic rings. The molecule has 2 rings (SSSR count). The number of nitrogens with one attached hydrogen (secondary N) is 1. The first kappa shape index (κ1) is 11.6. The van der Waals surface area contributed by atoms with Gasteiger partial charge < -0.3 is 10.1 Å². The molecule has 1 N–H and O–H groups in total. The largest absolute Gasteiger partial charge is 0.494 e. The number of carbonyl (C=O) groups is 1. The molecule has 3 nitrogen and oxygen atoms in total. The van der Waals surface area contributed by atoms with E-state index in [9.17, 15) is 9.18 Å². The lowest BCUT2D eigenvalue weighted by Crippen LogP contribution is -2.20. The molecule has 0 aromatic heterocycles. The Kier molecular flexibility index (Phi) is 3.13. The summed E-state index contributed by atoms with van der Waals surface area (Å²) in [5, 5.41) is 2.65. The van der Waals surface area contributed by atoms with E-state index in [1.165, 1.54) is 0 Å². The van der Waals surface area contributed by atoms with Crippen LogP contribution in [-0.4, -0.2) is 12.5 Å². The Balaban J connectivity index is 2.39. The van der Waals surface area contributed by atoms with Gasteiger partial charge in [0.05, 0.1) is 12.2 Å². The number of ether oxygens (including phenoxy) is 1. The number of hydrogen-bond donors (Lipinski definition) is 1. The van der Waals surface area contributed by atoms with E-state index in [-0.39, 0.29) is 11.7 Å². The number of carbonyl (C=O) groups excluding carboxylic acids is 1. The van der Waals surface area contributed by atoms with Gasteiger partial charge in [0.1, 0.15) is 11.6 Å². The summed E-state index contributed by atoms with van der Waals surface area (Å²) in [5.74, 6) is -0.0982. The molecule has 90 valence electrons. The number of anilines is 1. The molecule has 1 amide bonds. The lowest BCUT2D eigenvalue weighted by Gasteiger charge is -2.19. The Morgan fingerprint density at radius 1 is 1.53 bits per heavy atom. The van der Waals surface area contributed by atoms with Gasteiger partial charge in [-0.3, -0.25) is 4.79 Å². The van der Waals surface area contributed by atoms with E-state index >= 15 is 0 Å². The normalized spacial score (nSPS) is 13.9. The third-order valence-electron chi connectivity index (χ3n) is 2.74. The van der Waals surface area contributed by atoms with Gasteiger partial charge in [0.25, 0.3) is 0 Å². The number of halogens is 1. The van der Waals surface area contributed by atoms with Crippen molar-refractivity contribution in [2.45, 2.75) is 19.8 Å². The molecule has 1 aliphatic rings. The van der Waals surface area contributed by atoms with Crippen LogP contribution in [0.25, 0.3) is 5.76 Å². The smallest absolute Gasteiger partial charge is 0.224 e. The van der Waals surface area contributed by atoms with E-state index < -0.39 is 0 Å². The summed E-state index contributed by atoms with van der Waals surface area (Å²) in [5.41, 5.74) is 1.44. The fourth-order valence-corrected chi connectivity index (χ4v) is 1.90. The van der Waals surface area contributed by atoms with E-state index in [1.807, 2.05) is 6.92 Å². The summed E-state index contributed by atoms with van der Waals surface area (Å²) in [4.78, 5) is 11.2. The number of hydrogen-bond acceptors (Lipinski definition) is 2. The van der Waals surface area contributed by atoms with E-state index in [2.05, 4.69) is 11.9 Å². The van der Waals surface area contributed by atoms with E-state index in [0.29, 0.717) is 42.0 Å². The van der Waals surface area contributed by atoms with Gasteiger partial charge in [-0.25, -0.2) is 4.39 Å². The topological polar surface area (TPSA) is 38.3 Å². The van der Waals surface area contributed by atoms with Gasteiger partial charge >= 0.3 is 0 Å². The molecule has 0 saturated heterocycles. The highest BCUT2D eigenvalue weighted by Gasteiger charge is 2.21. The molecule has 0 fully saturated rings. The van der Waals surface area contributed by atoms with Gasteiger partial charge in [-0.2, -0.15) is 0 Å². The average Bonchev–Trinajstić information content (AvgIpc) is 2.29. The summed E-state index contributed by atoms with van der Waals surface area (Å²) in [7, 11) is 0. The second-order valence-corrected chi connectivity index (χ2v) is 3.86. The zero-order valence-electron chi connectivity index (χ0n) is 9.68. The van der Waals surface area contributed by atoms with Crippen LogP contribution in [0.15, 0.2) is 18.7 Å². The third kappa shape index (κ3) is 2.16. The highest BCUT2D eigenvalue weighted by Crippen LogP contribution is 2.30. The van der Waals surface area contributed by atoms with Crippen LogP contribution in [0.3, 0.4) is 0 Å². The first-order chi connectivity index (χ1) is 8.13. The fourth-order valence-electron chi connectivity index (χ4n) is 1.90. The maximum absolute atomic E-state index is 14.2. The van der Waals surface area contributed by atoms with Gasteiger partial charge in [-0.15, -0.1) is 0 Å². The van der Waals surface area contributed by atoms with Gasteiger partial charge in [0, 0.05) is 17.7 Å². The van der Waals surface area contributed by atoms with Crippen molar-refractivity contribution in [1.29, 1.82) is 0 Å². The van der Waals surface area contributed by atoms with Crippen molar-refractivity contribution < 1.29 is 13.9 Å². The monoisotopic (exact) mass is 235 g/mol. The molecule has 0 atom stereocenters. The summed E-state index contributed by atoms with van der Waals surface area (Å²) >= 11 is 0. The van der Waals surface area contributed by atoms with Crippen LogP contribution in [0, 0.1) is 5.82 Å². The zero-order chi connectivity index (χ0) is 12.4. The molecule has 17 heavy (non-hydrogen) atoms. The highest BCUT2D eigenvalue weighted by atomic mass is 19.1. The van der Waals surface area contributed by atoms with Crippen LogP contribution in [-0.2, 0) is 16.0 Å². The summed E-state index contributed by atoms with van der Waals surface area (Å²) in [6.45, 7) is 5.96. The predicted octanol–water partition coefficient (Wildman–Crippen LogP) is 2.72. The van der Waals surface area contributed by atoms with Crippen LogP contribution in [0.5, 0.6) is 0 Å². The SMILES string of the molecule is C=C(OCC)c1ccc2c(c1F)CCC(=O)N2. The number of rotatable bonds is 3. The first-order valence-corrected chi connectivity index (χ1v) is 5.56. The van der Waals surface area contributed by atoms with Gasteiger partial charge in [0.2, 0.25) is 5.91 Å². The predicted molar refractivity (Wildman–Crippen MR) is 64.0 cm³/mol. The maximum Gasteiger partial charge on any atom is 0.224 e. The molecular weight excluding hydrogens is 221 g/mol. The Morgan fingerprint density at radius 2 is 2.29 bits per heavy atom. The molecule has 4 heteroatoms. The zero-order valence-corrected chi connectivity index (χ0v) is 9.68.